The summed E-state index contributed by atoms with van der Waals surface area (Å²) in [6.07, 6.45) is 0.843. The molecule has 35 heavy (non-hydrogen) atoms. The van der Waals surface area contributed by atoms with Crippen molar-refractivity contribution in [3.8, 4) is 28.5 Å². The maximum Gasteiger partial charge on any atom is 0.266 e. The number of anilines is 1. The van der Waals surface area contributed by atoms with E-state index < -0.39 is 0 Å². The molecule has 0 bridgehead atoms. The van der Waals surface area contributed by atoms with E-state index in [-0.39, 0.29) is 24.9 Å². The first-order valence-electron chi connectivity index (χ1n) is 11.5. The van der Waals surface area contributed by atoms with Crippen molar-refractivity contribution >= 4 is 34.8 Å². The lowest BCUT2D eigenvalue weighted by molar-refractivity contribution is -0.120. The third-order valence-electron chi connectivity index (χ3n) is 5.56. The SMILES string of the molecule is CCN(CC)CCCN(C(=O)COc1ccccc1)c1nc(-c2cc(OC)ccc2OC)cs1.Cl. The number of methoxy groups -OCH3 is 2. The van der Waals surface area contributed by atoms with Crippen LogP contribution in [-0.4, -0.2) is 62.8 Å². The molecule has 0 aliphatic rings. The monoisotopic (exact) mass is 519 g/mol. The number of aromatic nitrogens is 1. The van der Waals surface area contributed by atoms with Gasteiger partial charge in [-0.1, -0.05) is 32.0 Å². The van der Waals surface area contributed by atoms with E-state index in [4.69, 9.17) is 19.2 Å². The molecule has 1 amide bonds. The van der Waals surface area contributed by atoms with Crippen LogP contribution in [0, 0.1) is 0 Å². The summed E-state index contributed by atoms with van der Waals surface area (Å²) < 4.78 is 16.6. The van der Waals surface area contributed by atoms with Crippen LogP contribution >= 0.6 is 23.7 Å². The predicted molar refractivity (Wildman–Crippen MR) is 145 cm³/mol. The maximum absolute atomic E-state index is 13.2. The highest BCUT2D eigenvalue weighted by Crippen LogP contribution is 2.36. The standard InChI is InChI=1S/C26H33N3O4S.ClH/c1-5-28(6-2)15-10-16-29(25(30)18-33-20-11-8-7-9-12-20)26-27-23(19-34-26)22-17-21(31-3)13-14-24(22)32-4;/h7-9,11-14,17,19H,5-6,10,15-16,18H2,1-4H3;1H. The quantitative estimate of drug-likeness (QED) is 0.301. The first-order chi connectivity index (χ1) is 16.6. The summed E-state index contributed by atoms with van der Waals surface area (Å²) in [7, 11) is 3.25. The van der Waals surface area contributed by atoms with E-state index in [1.807, 2.05) is 53.9 Å². The number of para-hydroxylation sites is 1. The fourth-order valence-electron chi connectivity index (χ4n) is 3.59. The molecule has 2 aromatic carbocycles. The second kappa shape index (κ2) is 14.6. The van der Waals surface area contributed by atoms with Gasteiger partial charge in [0.25, 0.3) is 5.91 Å². The Morgan fingerprint density at radius 1 is 0.971 bits per heavy atom. The molecule has 0 fully saturated rings. The number of thiazole rings is 1. The Labute approximate surface area is 218 Å². The van der Waals surface area contributed by atoms with Gasteiger partial charge in [-0.3, -0.25) is 9.69 Å². The molecular formula is C26H34ClN3O4S. The van der Waals surface area contributed by atoms with Crippen molar-refractivity contribution < 1.29 is 19.0 Å². The summed E-state index contributed by atoms with van der Waals surface area (Å²) in [5.41, 5.74) is 1.56. The summed E-state index contributed by atoms with van der Waals surface area (Å²) in [6.45, 7) is 7.70. The minimum Gasteiger partial charge on any atom is -0.497 e. The fraction of sp³-hybridized carbons (Fsp3) is 0.385. The highest BCUT2D eigenvalue weighted by Gasteiger charge is 2.21. The second-order valence-electron chi connectivity index (χ2n) is 7.61. The van der Waals surface area contributed by atoms with Crippen LogP contribution in [0.25, 0.3) is 11.3 Å². The van der Waals surface area contributed by atoms with Crippen LogP contribution in [0.1, 0.15) is 20.3 Å². The van der Waals surface area contributed by atoms with Crippen LogP contribution in [0.3, 0.4) is 0 Å². The number of amides is 1. The van der Waals surface area contributed by atoms with Gasteiger partial charge in [0.15, 0.2) is 11.7 Å². The molecule has 0 spiro atoms. The molecule has 1 aromatic heterocycles. The number of benzene rings is 2. The molecule has 3 rings (SSSR count). The minimum absolute atomic E-state index is 0. The molecule has 0 saturated heterocycles. The summed E-state index contributed by atoms with van der Waals surface area (Å²) >= 11 is 1.43. The molecule has 7 nitrogen and oxygen atoms in total. The van der Waals surface area contributed by atoms with E-state index in [0.717, 1.165) is 37.3 Å². The summed E-state index contributed by atoms with van der Waals surface area (Å²) in [5, 5.41) is 2.58. The summed E-state index contributed by atoms with van der Waals surface area (Å²) in [6, 6.07) is 15.0. The number of hydrogen-bond donors (Lipinski definition) is 0. The number of ether oxygens (including phenoxy) is 3. The van der Waals surface area contributed by atoms with Gasteiger partial charge in [0.2, 0.25) is 0 Å². The van der Waals surface area contributed by atoms with Gasteiger partial charge in [0.05, 0.1) is 19.9 Å². The number of rotatable bonds is 13. The van der Waals surface area contributed by atoms with Gasteiger partial charge in [0.1, 0.15) is 17.2 Å². The normalized spacial score (nSPS) is 10.5. The second-order valence-corrected chi connectivity index (χ2v) is 8.45. The average Bonchev–Trinajstić information content (AvgIpc) is 3.37. The smallest absolute Gasteiger partial charge is 0.266 e. The zero-order valence-corrected chi connectivity index (χ0v) is 22.4. The van der Waals surface area contributed by atoms with Gasteiger partial charge in [0, 0.05) is 17.5 Å². The molecule has 0 unspecified atom stereocenters. The first kappa shape index (κ1) is 28.4. The molecule has 9 heteroatoms. The van der Waals surface area contributed by atoms with Crippen LogP contribution in [0.2, 0.25) is 0 Å². The molecule has 0 aliphatic heterocycles. The molecule has 0 radical (unpaired) electrons. The Kier molecular flexibility index (Phi) is 11.8. The summed E-state index contributed by atoms with van der Waals surface area (Å²) in [4.78, 5) is 22.1. The molecule has 0 N–H and O–H groups in total. The number of nitrogens with zero attached hydrogens (tertiary/aromatic N) is 3. The lowest BCUT2D eigenvalue weighted by Crippen LogP contribution is -2.37. The van der Waals surface area contributed by atoms with Crippen LogP contribution in [0.4, 0.5) is 5.13 Å². The molecule has 0 aliphatic carbocycles. The van der Waals surface area contributed by atoms with E-state index >= 15 is 0 Å². The first-order valence-corrected chi connectivity index (χ1v) is 12.4. The van der Waals surface area contributed by atoms with Gasteiger partial charge in [-0.25, -0.2) is 4.98 Å². The lowest BCUT2D eigenvalue weighted by Gasteiger charge is -2.23. The van der Waals surface area contributed by atoms with E-state index in [1.54, 1.807) is 19.1 Å². The Balaban J connectivity index is 0.00000432. The number of hydrogen-bond acceptors (Lipinski definition) is 7. The highest BCUT2D eigenvalue weighted by atomic mass is 35.5. The third-order valence-corrected chi connectivity index (χ3v) is 6.43. The van der Waals surface area contributed by atoms with Crippen LogP contribution in [0.5, 0.6) is 17.2 Å². The molecule has 3 aromatic rings. The largest absolute Gasteiger partial charge is 0.497 e. The van der Waals surface area contributed by atoms with Crippen LogP contribution in [0.15, 0.2) is 53.9 Å². The Bertz CT molecular complexity index is 1040. The van der Waals surface area contributed by atoms with Gasteiger partial charge in [-0.05, 0) is 56.4 Å². The van der Waals surface area contributed by atoms with E-state index in [0.29, 0.717) is 28.9 Å². The Hall–Kier alpha value is -2.81. The number of carbonyl (C=O) groups excluding carboxylic acids is 1. The Morgan fingerprint density at radius 3 is 2.37 bits per heavy atom. The van der Waals surface area contributed by atoms with E-state index in [2.05, 4.69) is 18.7 Å². The maximum atomic E-state index is 13.2. The lowest BCUT2D eigenvalue weighted by atomic mass is 10.1. The summed E-state index contributed by atoms with van der Waals surface area (Å²) in [5.74, 6) is 1.96. The van der Waals surface area contributed by atoms with Crippen molar-refractivity contribution in [2.24, 2.45) is 0 Å². The zero-order valence-electron chi connectivity index (χ0n) is 20.7. The zero-order chi connectivity index (χ0) is 24.3. The molecule has 0 saturated carbocycles. The van der Waals surface area contributed by atoms with Gasteiger partial charge < -0.3 is 19.1 Å². The van der Waals surface area contributed by atoms with Crippen molar-refractivity contribution in [3.05, 3.63) is 53.9 Å². The third kappa shape index (κ3) is 7.85. The van der Waals surface area contributed by atoms with Crippen molar-refractivity contribution in [2.75, 3.05) is 51.9 Å². The molecule has 0 atom stereocenters. The Morgan fingerprint density at radius 2 is 1.71 bits per heavy atom. The molecule has 1 heterocycles. The van der Waals surface area contributed by atoms with Crippen molar-refractivity contribution in [1.29, 1.82) is 0 Å². The van der Waals surface area contributed by atoms with E-state index in [9.17, 15) is 4.79 Å². The van der Waals surface area contributed by atoms with Gasteiger partial charge in [-0.2, -0.15) is 0 Å². The molecule has 190 valence electrons. The number of carbonyl (C=O) groups is 1. The van der Waals surface area contributed by atoms with Crippen molar-refractivity contribution in [2.45, 2.75) is 20.3 Å². The van der Waals surface area contributed by atoms with Crippen LogP contribution in [-0.2, 0) is 4.79 Å². The van der Waals surface area contributed by atoms with E-state index in [1.165, 1.54) is 11.3 Å². The fourth-order valence-corrected chi connectivity index (χ4v) is 4.45. The topological polar surface area (TPSA) is 64.1 Å². The van der Waals surface area contributed by atoms with Crippen molar-refractivity contribution in [1.82, 2.24) is 9.88 Å². The average molecular weight is 520 g/mol. The van der Waals surface area contributed by atoms with Crippen LogP contribution < -0.4 is 19.1 Å². The van der Waals surface area contributed by atoms with Crippen molar-refractivity contribution in [3.63, 3.8) is 0 Å². The van der Waals surface area contributed by atoms with Gasteiger partial charge in [-0.15, -0.1) is 23.7 Å². The predicted octanol–water partition coefficient (Wildman–Crippen LogP) is 5.39. The van der Waals surface area contributed by atoms with Gasteiger partial charge >= 0.3 is 0 Å². The highest BCUT2D eigenvalue weighted by molar-refractivity contribution is 7.14. The number of halogens is 1. The minimum atomic E-state index is -0.123. The molecular weight excluding hydrogens is 486 g/mol.